The van der Waals surface area contributed by atoms with Crippen molar-refractivity contribution in [3.63, 3.8) is 0 Å². The van der Waals surface area contributed by atoms with Crippen molar-refractivity contribution in [3.05, 3.63) is 95.1 Å². The van der Waals surface area contributed by atoms with E-state index in [2.05, 4.69) is 24.3 Å². The second-order valence-electron chi connectivity index (χ2n) is 8.13. The van der Waals surface area contributed by atoms with Crippen LogP contribution in [0.15, 0.2) is 72.8 Å². The van der Waals surface area contributed by atoms with Crippen molar-refractivity contribution in [3.8, 4) is 11.1 Å². The Kier molecular flexibility index (Phi) is 6.26. The number of carbonyl (C=O) groups is 2. The molecule has 1 aliphatic carbocycles. The summed E-state index contributed by atoms with van der Waals surface area (Å²) in [6.07, 6.45) is -0.373. The minimum Gasteiger partial charge on any atom is -0.480 e. The molecule has 0 saturated carbocycles. The molecule has 0 spiro atoms. The maximum Gasteiger partial charge on any atom is 0.410 e. The number of nitrogens with zero attached hydrogens (tertiary/aromatic N) is 1. The fourth-order valence-corrected chi connectivity index (χ4v) is 4.43. The highest BCUT2D eigenvalue weighted by atomic mass is 16.6. The molecule has 0 bridgehead atoms. The Morgan fingerprint density at radius 2 is 1.50 bits per heavy atom. The highest BCUT2D eigenvalue weighted by Crippen LogP contribution is 2.44. The first kappa shape index (κ1) is 21.6. The van der Waals surface area contributed by atoms with Crippen LogP contribution in [0.4, 0.5) is 4.79 Å². The smallest absolute Gasteiger partial charge is 0.410 e. The van der Waals surface area contributed by atoms with Crippen LogP contribution >= 0.6 is 0 Å². The SMILES string of the molecule is CCN(C(=O)OCC1c2ccccc2-c2ccccc21)C(Cc1ccc(C)cc1)C(=O)O. The van der Waals surface area contributed by atoms with E-state index in [0.29, 0.717) is 0 Å². The van der Waals surface area contributed by atoms with Crippen molar-refractivity contribution in [2.24, 2.45) is 0 Å². The summed E-state index contributed by atoms with van der Waals surface area (Å²) in [5.74, 6) is -1.11. The molecule has 1 atom stereocenters. The normalized spacial score (nSPS) is 13.2. The van der Waals surface area contributed by atoms with Gasteiger partial charge < -0.3 is 9.84 Å². The van der Waals surface area contributed by atoms with Crippen LogP contribution in [0.5, 0.6) is 0 Å². The lowest BCUT2D eigenvalue weighted by Crippen LogP contribution is -2.46. The van der Waals surface area contributed by atoms with Gasteiger partial charge in [0, 0.05) is 18.9 Å². The van der Waals surface area contributed by atoms with Crippen LogP contribution in [0.2, 0.25) is 0 Å². The van der Waals surface area contributed by atoms with E-state index in [0.717, 1.165) is 33.4 Å². The van der Waals surface area contributed by atoms with E-state index in [1.54, 1.807) is 6.92 Å². The van der Waals surface area contributed by atoms with Gasteiger partial charge in [-0.15, -0.1) is 0 Å². The first-order valence-corrected chi connectivity index (χ1v) is 10.9. The molecule has 4 rings (SSSR count). The number of carboxylic acids is 1. The van der Waals surface area contributed by atoms with Gasteiger partial charge in [-0.25, -0.2) is 9.59 Å². The average Bonchev–Trinajstić information content (AvgIpc) is 3.12. The van der Waals surface area contributed by atoms with Gasteiger partial charge in [-0.1, -0.05) is 78.4 Å². The van der Waals surface area contributed by atoms with Gasteiger partial charge >= 0.3 is 12.1 Å². The largest absolute Gasteiger partial charge is 0.480 e. The van der Waals surface area contributed by atoms with Crippen molar-refractivity contribution >= 4 is 12.1 Å². The Balaban J connectivity index is 1.50. The summed E-state index contributed by atoms with van der Waals surface area (Å²) in [6, 6.07) is 23.0. The number of carboxylic acid groups (broad SMARTS) is 1. The molecule has 1 N–H and O–H groups in total. The van der Waals surface area contributed by atoms with Crippen molar-refractivity contribution < 1.29 is 19.4 Å². The van der Waals surface area contributed by atoms with Gasteiger partial charge in [-0.3, -0.25) is 4.90 Å². The zero-order valence-electron chi connectivity index (χ0n) is 18.3. The summed E-state index contributed by atoms with van der Waals surface area (Å²) in [5, 5.41) is 9.83. The maximum absolute atomic E-state index is 13.0. The number of rotatable bonds is 7. The molecule has 0 aromatic heterocycles. The molecule has 1 unspecified atom stereocenters. The molecule has 164 valence electrons. The van der Waals surface area contributed by atoms with E-state index >= 15 is 0 Å². The van der Waals surface area contributed by atoms with Crippen LogP contribution in [0.1, 0.15) is 35.1 Å². The summed E-state index contributed by atoms with van der Waals surface area (Å²) in [5.41, 5.74) is 6.52. The Bertz CT molecular complexity index is 1080. The molecule has 0 radical (unpaired) electrons. The highest BCUT2D eigenvalue weighted by molar-refractivity contribution is 5.81. The highest BCUT2D eigenvalue weighted by Gasteiger charge is 2.33. The summed E-state index contributed by atoms with van der Waals surface area (Å²) in [6.45, 7) is 4.17. The number of hydrogen-bond acceptors (Lipinski definition) is 3. The van der Waals surface area contributed by atoms with Gasteiger partial charge in [-0.2, -0.15) is 0 Å². The Labute approximate surface area is 188 Å². The number of ether oxygens (including phenoxy) is 1. The molecular weight excluding hydrogens is 402 g/mol. The van der Waals surface area contributed by atoms with Crippen molar-refractivity contribution in [2.75, 3.05) is 13.2 Å². The summed E-state index contributed by atoms with van der Waals surface area (Å²) >= 11 is 0. The van der Waals surface area contributed by atoms with E-state index < -0.39 is 18.1 Å². The minimum atomic E-state index is -1.04. The Hall–Kier alpha value is -3.60. The quantitative estimate of drug-likeness (QED) is 0.556. The molecule has 32 heavy (non-hydrogen) atoms. The summed E-state index contributed by atoms with van der Waals surface area (Å²) in [7, 11) is 0. The number of aliphatic carboxylic acids is 1. The van der Waals surface area contributed by atoms with Crippen LogP contribution < -0.4 is 0 Å². The fraction of sp³-hybridized carbons (Fsp3) is 0.259. The molecule has 3 aromatic carbocycles. The number of hydrogen-bond donors (Lipinski definition) is 1. The lowest BCUT2D eigenvalue weighted by Gasteiger charge is -2.28. The molecule has 1 amide bonds. The third kappa shape index (κ3) is 4.24. The van der Waals surface area contributed by atoms with E-state index in [-0.39, 0.29) is 25.5 Å². The molecule has 0 fully saturated rings. The molecule has 5 heteroatoms. The molecule has 3 aromatic rings. The molecule has 0 aliphatic heterocycles. The van der Waals surface area contributed by atoms with Crippen LogP contribution in [0.3, 0.4) is 0 Å². The van der Waals surface area contributed by atoms with Gasteiger partial charge in [-0.05, 0) is 41.7 Å². The standard InChI is InChI=1S/C27H27NO4/c1-3-28(25(26(29)30)16-19-14-12-18(2)13-15-19)27(31)32-17-24-22-10-6-4-8-20(22)21-9-5-7-11-23(21)24/h4-15,24-25H,3,16-17H2,1-2H3,(H,29,30). The van der Waals surface area contributed by atoms with Gasteiger partial charge in [0.2, 0.25) is 0 Å². The fourth-order valence-electron chi connectivity index (χ4n) is 4.43. The maximum atomic E-state index is 13.0. The second-order valence-corrected chi connectivity index (χ2v) is 8.13. The molecule has 0 heterocycles. The first-order chi connectivity index (χ1) is 15.5. The van der Waals surface area contributed by atoms with Crippen molar-refractivity contribution in [2.45, 2.75) is 32.2 Å². The second kappa shape index (κ2) is 9.27. The molecule has 1 aliphatic rings. The van der Waals surface area contributed by atoms with Gasteiger partial charge in [0.05, 0.1) is 0 Å². The lowest BCUT2D eigenvalue weighted by molar-refractivity contribution is -0.142. The molecular formula is C27H27NO4. The van der Waals surface area contributed by atoms with Crippen molar-refractivity contribution in [1.29, 1.82) is 0 Å². The molecule has 0 saturated heterocycles. The topological polar surface area (TPSA) is 66.8 Å². The third-order valence-corrected chi connectivity index (χ3v) is 6.12. The number of fused-ring (bicyclic) bond motifs is 3. The monoisotopic (exact) mass is 429 g/mol. The number of carbonyl (C=O) groups excluding carboxylic acids is 1. The number of likely N-dealkylation sites (N-methyl/N-ethyl adjacent to an activating group) is 1. The Morgan fingerprint density at radius 3 is 2.03 bits per heavy atom. The van der Waals surface area contributed by atoms with Crippen LogP contribution in [0, 0.1) is 6.92 Å². The Morgan fingerprint density at radius 1 is 0.938 bits per heavy atom. The van der Waals surface area contributed by atoms with Crippen molar-refractivity contribution in [1.82, 2.24) is 4.90 Å². The summed E-state index contributed by atoms with van der Waals surface area (Å²) < 4.78 is 5.70. The van der Waals surface area contributed by atoms with Crippen LogP contribution in [-0.4, -0.2) is 41.3 Å². The predicted octanol–water partition coefficient (Wildman–Crippen LogP) is 5.26. The number of aryl methyl sites for hydroxylation is 1. The van der Waals surface area contributed by atoms with Gasteiger partial charge in [0.15, 0.2) is 0 Å². The van der Waals surface area contributed by atoms with E-state index in [9.17, 15) is 14.7 Å². The van der Waals surface area contributed by atoms with E-state index in [1.165, 1.54) is 4.90 Å². The zero-order valence-corrected chi connectivity index (χ0v) is 18.3. The average molecular weight is 430 g/mol. The third-order valence-electron chi connectivity index (χ3n) is 6.12. The van der Waals surface area contributed by atoms with Crippen LogP contribution in [-0.2, 0) is 16.0 Å². The predicted molar refractivity (Wildman–Crippen MR) is 124 cm³/mol. The minimum absolute atomic E-state index is 0.0644. The van der Waals surface area contributed by atoms with E-state index in [1.807, 2.05) is 55.5 Å². The summed E-state index contributed by atoms with van der Waals surface area (Å²) in [4.78, 5) is 26.3. The van der Waals surface area contributed by atoms with Gasteiger partial charge in [0.1, 0.15) is 12.6 Å². The first-order valence-electron chi connectivity index (χ1n) is 10.9. The van der Waals surface area contributed by atoms with Crippen LogP contribution in [0.25, 0.3) is 11.1 Å². The van der Waals surface area contributed by atoms with Gasteiger partial charge in [0.25, 0.3) is 0 Å². The zero-order chi connectivity index (χ0) is 22.7. The van der Waals surface area contributed by atoms with E-state index in [4.69, 9.17) is 4.74 Å². The number of amides is 1. The number of benzene rings is 3. The molecule has 5 nitrogen and oxygen atoms in total. The lowest BCUT2D eigenvalue weighted by atomic mass is 9.98.